The summed E-state index contributed by atoms with van der Waals surface area (Å²) >= 11 is 0. The van der Waals surface area contributed by atoms with Crippen LogP contribution in [-0.4, -0.2) is 50.4 Å². The van der Waals surface area contributed by atoms with Crippen LogP contribution < -0.4 is 9.47 Å². The van der Waals surface area contributed by atoms with Gasteiger partial charge in [-0.05, 0) is 38.1 Å². The number of nitrogens with zero attached hydrogens (tertiary/aromatic N) is 1. The van der Waals surface area contributed by atoms with Gasteiger partial charge in [-0.2, -0.15) is 0 Å². The molecule has 0 radical (unpaired) electrons. The van der Waals surface area contributed by atoms with E-state index in [1.165, 1.54) is 0 Å². The van der Waals surface area contributed by atoms with Crippen molar-refractivity contribution >= 4 is 0 Å². The molecule has 1 saturated heterocycles. The summed E-state index contributed by atoms with van der Waals surface area (Å²) in [7, 11) is 3.54. The van der Waals surface area contributed by atoms with Crippen molar-refractivity contribution in [3.05, 3.63) is 35.4 Å². The summed E-state index contributed by atoms with van der Waals surface area (Å²) < 4.78 is 38.0. The van der Waals surface area contributed by atoms with Crippen LogP contribution in [0.1, 0.15) is 20.3 Å². The second-order valence-electron chi connectivity index (χ2n) is 6.67. The number of aliphatic hydroxyl groups excluding tert-OH is 1. The zero-order chi connectivity index (χ0) is 17.6. The molecular formula is C18H21NO3. The molecule has 1 aromatic rings. The summed E-state index contributed by atoms with van der Waals surface area (Å²) in [5, 5.41) is 4.95. The summed E-state index contributed by atoms with van der Waals surface area (Å²) in [6.45, 7) is 0.707. The van der Waals surface area contributed by atoms with Gasteiger partial charge in [0.05, 0.1) is 7.11 Å². The Hall–Kier alpha value is -1.52. The van der Waals surface area contributed by atoms with Crippen LogP contribution in [0.15, 0.2) is 24.3 Å². The molecule has 2 aliphatic heterocycles. The lowest BCUT2D eigenvalue weighted by molar-refractivity contribution is -0.0453. The van der Waals surface area contributed by atoms with Crippen LogP contribution in [0.3, 0.4) is 0 Å². The Morgan fingerprint density at radius 2 is 2.41 bits per heavy atom. The number of rotatable bonds is 2. The molecule has 4 heteroatoms. The largest absolute Gasteiger partial charge is 0.493 e. The molecule has 4 aliphatic rings. The second-order valence-corrected chi connectivity index (χ2v) is 6.67. The van der Waals surface area contributed by atoms with Gasteiger partial charge in [-0.3, -0.25) is 0 Å². The van der Waals surface area contributed by atoms with Gasteiger partial charge >= 0.3 is 0 Å². The van der Waals surface area contributed by atoms with Crippen LogP contribution >= 0.6 is 0 Å². The Bertz CT molecular complexity index is 802. The topological polar surface area (TPSA) is 41.9 Å². The third-order valence-electron chi connectivity index (χ3n) is 5.81. The molecule has 5 atom stereocenters. The van der Waals surface area contributed by atoms with E-state index in [1.54, 1.807) is 19.3 Å². The molecule has 2 aliphatic carbocycles. The van der Waals surface area contributed by atoms with Crippen molar-refractivity contribution in [3.8, 4) is 11.5 Å². The van der Waals surface area contributed by atoms with Crippen LogP contribution in [-0.2, 0) is 11.8 Å². The van der Waals surface area contributed by atoms with E-state index in [1.807, 2.05) is 24.1 Å². The lowest BCUT2D eigenvalue weighted by atomic mass is 9.53. The molecule has 1 N–H and O–H groups in total. The number of likely N-dealkylation sites (N-methyl/N-ethyl adjacent to an activating group) is 1. The lowest BCUT2D eigenvalue weighted by Gasteiger charge is -2.56. The van der Waals surface area contributed by atoms with Crippen molar-refractivity contribution in [2.24, 2.45) is 5.89 Å². The molecular weight excluding hydrogens is 278 g/mol. The number of aliphatic hydroxyl groups is 1. The molecule has 1 spiro atoms. The van der Waals surface area contributed by atoms with Gasteiger partial charge in [0.1, 0.15) is 12.2 Å². The van der Waals surface area contributed by atoms with Gasteiger partial charge in [0.25, 0.3) is 0 Å². The highest BCUT2D eigenvalue weighted by Crippen LogP contribution is 2.62. The van der Waals surface area contributed by atoms with Crippen LogP contribution in [0.5, 0.6) is 11.5 Å². The first-order valence-corrected chi connectivity index (χ1v) is 7.82. The van der Waals surface area contributed by atoms with Gasteiger partial charge in [-0.25, -0.2) is 0 Å². The van der Waals surface area contributed by atoms with Gasteiger partial charge in [0, 0.05) is 25.6 Å². The number of piperidine rings is 1. The van der Waals surface area contributed by atoms with Crippen molar-refractivity contribution in [2.75, 3.05) is 20.7 Å². The van der Waals surface area contributed by atoms with E-state index >= 15 is 0 Å². The molecule has 5 rings (SSSR count). The molecule has 0 saturated carbocycles. The number of hydrogen-bond acceptors (Lipinski definition) is 4. The Kier molecular flexibility index (Phi) is 1.90. The molecule has 1 aromatic carbocycles. The van der Waals surface area contributed by atoms with Crippen LogP contribution in [0.25, 0.3) is 0 Å². The summed E-state index contributed by atoms with van der Waals surface area (Å²) in [4.78, 5) is 1.99. The van der Waals surface area contributed by atoms with Crippen molar-refractivity contribution in [1.29, 1.82) is 1.43 Å². The predicted molar refractivity (Wildman–Crippen MR) is 82.5 cm³/mol. The fourth-order valence-corrected chi connectivity index (χ4v) is 4.82. The third kappa shape index (κ3) is 1.28. The Morgan fingerprint density at radius 1 is 1.50 bits per heavy atom. The first-order valence-electron chi connectivity index (χ1n) is 9.23. The highest BCUT2D eigenvalue weighted by Gasteiger charge is 2.64. The minimum Gasteiger partial charge on any atom is -0.493 e. The highest BCUT2D eigenvalue weighted by molar-refractivity contribution is 5.62. The maximum absolute atomic E-state index is 9.44. The summed E-state index contributed by atoms with van der Waals surface area (Å²) in [6, 6.07) is 2.80. The first-order chi connectivity index (χ1) is 11.9. The zero-order valence-electron chi connectivity index (χ0n) is 15.8. The highest BCUT2D eigenvalue weighted by atomic mass is 16.5. The third-order valence-corrected chi connectivity index (χ3v) is 5.81. The number of likely N-dealkylation sites (tertiary alicyclic amines) is 1. The van der Waals surface area contributed by atoms with Crippen molar-refractivity contribution in [1.82, 2.24) is 4.90 Å². The average Bonchev–Trinajstić information content (AvgIpc) is 2.95. The predicted octanol–water partition coefficient (Wildman–Crippen LogP) is 1.50. The fourth-order valence-electron chi connectivity index (χ4n) is 4.82. The van der Waals surface area contributed by atoms with Gasteiger partial charge < -0.3 is 19.5 Å². The molecule has 22 heavy (non-hydrogen) atoms. The molecule has 1 fully saturated rings. The summed E-state index contributed by atoms with van der Waals surface area (Å²) in [6.07, 6.45) is 3.62. The van der Waals surface area contributed by atoms with E-state index in [4.69, 9.17) is 16.0 Å². The standard InChI is InChI=1S/C18H21NO3/c1-19-8-7-18-11-4-5-13(20)17(18)22-16-14(21-2)6-3-10(15(16)18)9-12(11)19/h3-6,11-13,17,20H,7-9H2,1-2H3/t11-,12+,13?,17?,18-/m0/s1/i11D,12D,20D. The average molecular weight is 302 g/mol. The van der Waals surface area contributed by atoms with Crippen LogP contribution in [0.4, 0.5) is 0 Å². The zero-order valence-corrected chi connectivity index (χ0v) is 12.8. The molecule has 4 nitrogen and oxygen atoms in total. The Balaban J connectivity index is 1.88. The smallest absolute Gasteiger partial charge is 0.211 e. The van der Waals surface area contributed by atoms with Crippen molar-refractivity contribution < 1.29 is 17.3 Å². The van der Waals surface area contributed by atoms with Gasteiger partial charge in [-0.1, -0.05) is 18.2 Å². The minimum atomic E-state index is -1.17. The molecule has 0 amide bonds. The number of benzene rings is 1. The fraction of sp³-hybridized carbons (Fsp3) is 0.556. The second kappa shape index (κ2) is 4.06. The number of methoxy groups -OCH3 is 1. The summed E-state index contributed by atoms with van der Waals surface area (Å²) in [5.41, 5.74) is 1.34. The van der Waals surface area contributed by atoms with Crippen molar-refractivity contribution in [3.63, 3.8) is 0 Å². The molecule has 0 aromatic heterocycles. The quantitative estimate of drug-likeness (QED) is 0.841. The molecule has 2 unspecified atom stereocenters. The van der Waals surface area contributed by atoms with Crippen LogP contribution in [0.2, 0.25) is 0 Å². The molecule has 2 bridgehead atoms. The maximum atomic E-state index is 9.44. The van der Waals surface area contributed by atoms with E-state index in [9.17, 15) is 2.74 Å². The maximum Gasteiger partial charge on any atom is 0.211 e. The van der Waals surface area contributed by atoms with Crippen molar-refractivity contribution in [2.45, 2.75) is 36.5 Å². The number of hydrogen-bond donors (Lipinski definition) is 1. The monoisotopic (exact) mass is 302 g/mol. The van der Waals surface area contributed by atoms with E-state index in [0.717, 1.165) is 11.1 Å². The lowest BCUT2D eigenvalue weighted by Crippen LogP contribution is -2.64. The van der Waals surface area contributed by atoms with E-state index in [0.29, 0.717) is 30.9 Å². The molecule has 116 valence electrons. The van der Waals surface area contributed by atoms with Gasteiger partial charge in [-0.15, -0.1) is 0 Å². The Labute approximate surface area is 134 Å². The number of ether oxygens (including phenoxy) is 2. The summed E-state index contributed by atoms with van der Waals surface area (Å²) in [5.74, 6) is 0.140. The first kappa shape index (κ1) is 10.3. The van der Waals surface area contributed by atoms with Gasteiger partial charge in [0.2, 0.25) is 1.43 Å². The minimum absolute atomic E-state index is 0.466. The van der Waals surface area contributed by atoms with E-state index in [2.05, 4.69) is 0 Å². The SMILES string of the molecule is [2H]OC1C=C[C@]2([2H])[C@@]34CCN(C)[C@]2([2H])Cc2ccc(OC)c(c23)OC14. The normalized spacial score (nSPS) is 49.6. The van der Waals surface area contributed by atoms with E-state index < -0.39 is 29.5 Å². The van der Waals surface area contributed by atoms with E-state index in [-0.39, 0.29) is 0 Å². The Morgan fingerprint density at radius 3 is 3.23 bits per heavy atom. The van der Waals surface area contributed by atoms with Crippen LogP contribution in [0, 0.1) is 5.89 Å². The molecule has 2 heterocycles. The van der Waals surface area contributed by atoms with Gasteiger partial charge in [0.15, 0.2) is 11.5 Å².